The van der Waals surface area contributed by atoms with Crippen LogP contribution in [0.4, 0.5) is 0 Å². The van der Waals surface area contributed by atoms with Crippen LogP contribution < -0.4 is 5.32 Å². The molecule has 7 heteroatoms. The summed E-state index contributed by atoms with van der Waals surface area (Å²) in [7, 11) is 0. The fourth-order valence-corrected chi connectivity index (χ4v) is 12.3. The molecule has 7 nitrogen and oxygen atoms in total. The van der Waals surface area contributed by atoms with Crippen molar-refractivity contribution in [3.8, 4) is 5.75 Å². The molecule has 3 saturated carbocycles. The van der Waals surface area contributed by atoms with Crippen molar-refractivity contribution in [2.45, 2.75) is 150 Å². The number of Topliss-reactive ketones (excluding diaryl/α,β-unsaturated/α-hetero) is 2. The van der Waals surface area contributed by atoms with Gasteiger partial charge in [-0.25, -0.2) is 0 Å². The standard InChI is InChI=1S/C41H61NO6/c1-10-12-25(18-30(45)36-38(5,6)48-36)33-28-15-16-32-39(7)19-27(24-13-11-14-26(44)17-24)35(47)37(3,4)34(39)29(42-22-23(2)43)20-41(32,9)40(28,8)21-31(33)46/h11,13-14,17,23,25,27,29-30,32,34,36,42-45H,10,12,15-16,18-22H2,1-9H3/t23-,25+,27+,29-,30+,32-,34-,36-,39+,40-,41-/m0/s1. The molecule has 6 rings (SSSR count). The molecule has 0 amide bonds. The van der Waals surface area contributed by atoms with E-state index in [1.54, 1.807) is 19.1 Å². The summed E-state index contributed by atoms with van der Waals surface area (Å²) in [5, 5.41) is 35.9. The normalized spacial score (nSPS) is 40.1. The number of aliphatic hydroxyl groups is 2. The van der Waals surface area contributed by atoms with Gasteiger partial charge in [0.1, 0.15) is 17.6 Å². The summed E-state index contributed by atoms with van der Waals surface area (Å²) in [4.78, 5) is 28.8. The molecule has 0 spiro atoms. The smallest absolute Gasteiger partial charge is 0.160 e. The van der Waals surface area contributed by atoms with Gasteiger partial charge in [0.2, 0.25) is 0 Å². The Kier molecular flexibility index (Phi) is 8.96. The number of nitrogens with one attached hydrogen (secondary N) is 1. The van der Waals surface area contributed by atoms with Gasteiger partial charge in [0.05, 0.1) is 17.8 Å². The summed E-state index contributed by atoms with van der Waals surface area (Å²) < 4.78 is 5.82. The van der Waals surface area contributed by atoms with E-state index in [4.69, 9.17) is 4.74 Å². The number of aromatic hydroxyl groups is 1. The quantitative estimate of drug-likeness (QED) is 0.202. The maximum Gasteiger partial charge on any atom is 0.160 e. The lowest BCUT2D eigenvalue weighted by Crippen LogP contribution is -2.69. The highest BCUT2D eigenvalue weighted by Crippen LogP contribution is 2.75. The van der Waals surface area contributed by atoms with E-state index in [1.807, 2.05) is 26.0 Å². The van der Waals surface area contributed by atoms with Gasteiger partial charge in [-0.05, 0) is 111 Å². The number of aliphatic hydroxyl groups excluding tert-OH is 2. The second-order valence-corrected chi connectivity index (χ2v) is 18.3. The Hall–Kier alpha value is -2.06. The van der Waals surface area contributed by atoms with Gasteiger partial charge in [-0.3, -0.25) is 9.59 Å². The van der Waals surface area contributed by atoms with E-state index in [-0.39, 0.29) is 75.0 Å². The van der Waals surface area contributed by atoms with Crippen molar-refractivity contribution in [2.24, 2.45) is 39.4 Å². The number of benzene rings is 1. The molecule has 1 aromatic carbocycles. The lowest BCUT2D eigenvalue weighted by atomic mass is 9.34. The minimum absolute atomic E-state index is 0.00642. The molecule has 266 valence electrons. The third kappa shape index (κ3) is 5.45. The maximum atomic E-state index is 14.5. The monoisotopic (exact) mass is 663 g/mol. The number of carbonyl (C=O) groups is 2. The molecule has 1 heterocycles. The third-order valence-corrected chi connectivity index (χ3v) is 14.4. The van der Waals surface area contributed by atoms with Gasteiger partial charge in [-0.1, -0.05) is 65.7 Å². The number of carbonyl (C=O) groups excluding carboxylic acids is 2. The van der Waals surface area contributed by atoms with Crippen LogP contribution in [0.3, 0.4) is 0 Å². The first-order chi connectivity index (χ1) is 22.3. The number of epoxide rings is 1. The lowest BCUT2D eigenvalue weighted by molar-refractivity contribution is -0.193. The first-order valence-electron chi connectivity index (χ1n) is 18.7. The van der Waals surface area contributed by atoms with E-state index in [9.17, 15) is 24.9 Å². The second-order valence-electron chi connectivity index (χ2n) is 18.3. The summed E-state index contributed by atoms with van der Waals surface area (Å²) >= 11 is 0. The largest absolute Gasteiger partial charge is 0.508 e. The van der Waals surface area contributed by atoms with Crippen LogP contribution >= 0.6 is 0 Å². The topological polar surface area (TPSA) is 119 Å². The number of allylic oxidation sites excluding steroid dienone is 2. The van der Waals surface area contributed by atoms with E-state index in [2.05, 4.69) is 46.9 Å². The van der Waals surface area contributed by atoms with Gasteiger partial charge in [-0.2, -0.15) is 0 Å². The predicted octanol–water partition coefficient (Wildman–Crippen LogP) is 6.88. The number of hydrogen-bond donors (Lipinski definition) is 4. The molecule has 4 fully saturated rings. The van der Waals surface area contributed by atoms with E-state index in [1.165, 1.54) is 5.57 Å². The Bertz CT molecular complexity index is 1480. The Morgan fingerprint density at radius 2 is 1.73 bits per heavy atom. The first-order valence-corrected chi connectivity index (χ1v) is 18.7. The summed E-state index contributed by atoms with van der Waals surface area (Å²) in [5.74, 6) is 0.620. The number of hydrogen-bond acceptors (Lipinski definition) is 7. The molecule has 4 N–H and O–H groups in total. The zero-order valence-corrected chi connectivity index (χ0v) is 30.9. The van der Waals surface area contributed by atoms with Crippen molar-refractivity contribution in [3.63, 3.8) is 0 Å². The summed E-state index contributed by atoms with van der Waals surface area (Å²) in [5.41, 5.74) is 1.37. The average Bonchev–Trinajstić information content (AvgIpc) is 3.54. The summed E-state index contributed by atoms with van der Waals surface area (Å²) in [6.45, 7) is 19.8. The Morgan fingerprint density at radius 3 is 2.33 bits per heavy atom. The SMILES string of the molecule is CCC[C@H](C[C@@H](O)[C@@H]1OC1(C)C)C1=C2CC[C@H]3[C@@]4(C)C[C@H](c5cccc(O)c5)C(=O)C(C)(C)[C@@H]4[C@@H](NC[C@H](C)O)C[C@]3(C)[C@@]2(C)CC1=O. The summed E-state index contributed by atoms with van der Waals surface area (Å²) in [6.07, 6.45) is 4.84. The fraction of sp³-hybridized carbons (Fsp3) is 0.756. The van der Waals surface area contributed by atoms with Crippen LogP contribution in [-0.2, 0) is 14.3 Å². The van der Waals surface area contributed by atoms with Crippen molar-refractivity contribution in [3.05, 3.63) is 41.0 Å². The molecule has 0 unspecified atom stereocenters. The van der Waals surface area contributed by atoms with Gasteiger partial charge in [-0.15, -0.1) is 0 Å². The Labute approximate surface area is 288 Å². The molecular weight excluding hydrogens is 602 g/mol. The molecule has 1 aromatic rings. The molecular formula is C41H61NO6. The molecule has 48 heavy (non-hydrogen) atoms. The molecule has 0 bridgehead atoms. The highest BCUT2D eigenvalue weighted by Gasteiger charge is 2.71. The highest BCUT2D eigenvalue weighted by atomic mass is 16.6. The second kappa shape index (κ2) is 12.0. The van der Waals surface area contributed by atoms with Gasteiger partial charge < -0.3 is 25.4 Å². The van der Waals surface area contributed by atoms with E-state index in [0.717, 1.165) is 43.2 Å². The van der Waals surface area contributed by atoms with Crippen LogP contribution in [0.1, 0.15) is 125 Å². The number of ketones is 2. The van der Waals surface area contributed by atoms with Crippen LogP contribution in [0.25, 0.3) is 0 Å². The molecule has 1 aliphatic heterocycles. The zero-order valence-electron chi connectivity index (χ0n) is 30.9. The molecule has 4 aliphatic carbocycles. The van der Waals surface area contributed by atoms with Crippen molar-refractivity contribution in [1.82, 2.24) is 5.32 Å². The molecule has 0 radical (unpaired) electrons. The van der Waals surface area contributed by atoms with Crippen molar-refractivity contribution in [2.75, 3.05) is 6.54 Å². The molecule has 11 atom stereocenters. The van der Waals surface area contributed by atoms with Crippen LogP contribution in [0, 0.1) is 39.4 Å². The average molecular weight is 664 g/mol. The van der Waals surface area contributed by atoms with E-state index >= 15 is 0 Å². The molecule has 0 aromatic heterocycles. The number of phenolic OH excluding ortho intramolecular Hbond substituents is 1. The number of rotatable bonds is 10. The minimum atomic E-state index is -0.643. The number of phenols is 1. The summed E-state index contributed by atoms with van der Waals surface area (Å²) in [6, 6.07) is 7.21. The van der Waals surface area contributed by atoms with Crippen molar-refractivity contribution >= 4 is 11.6 Å². The Morgan fingerprint density at radius 1 is 1.04 bits per heavy atom. The van der Waals surface area contributed by atoms with Gasteiger partial charge in [0, 0.05) is 35.8 Å². The van der Waals surface area contributed by atoms with Crippen LogP contribution in [0.5, 0.6) is 5.75 Å². The van der Waals surface area contributed by atoms with Gasteiger partial charge in [0.25, 0.3) is 0 Å². The highest BCUT2D eigenvalue weighted by molar-refractivity contribution is 6.00. The fourth-order valence-electron chi connectivity index (χ4n) is 12.3. The van der Waals surface area contributed by atoms with Crippen LogP contribution in [0.2, 0.25) is 0 Å². The van der Waals surface area contributed by atoms with Gasteiger partial charge in [0.15, 0.2) is 5.78 Å². The number of ether oxygens (including phenoxy) is 1. The van der Waals surface area contributed by atoms with Gasteiger partial charge >= 0.3 is 0 Å². The van der Waals surface area contributed by atoms with Crippen LogP contribution in [0.15, 0.2) is 35.4 Å². The third-order valence-electron chi connectivity index (χ3n) is 14.4. The van der Waals surface area contributed by atoms with Crippen LogP contribution in [-0.4, -0.2) is 63.4 Å². The molecule has 5 aliphatic rings. The Balaban J connectivity index is 1.44. The van der Waals surface area contributed by atoms with E-state index in [0.29, 0.717) is 25.8 Å². The van der Waals surface area contributed by atoms with E-state index < -0.39 is 17.6 Å². The zero-order chi connectivity index (χ0) is 35.2. The van der Waals surface area contributed by atoms with Crippen molar-refractivity contribution < 1.29 is 29.6 Å². The van der Waals surface area contributed by atoms with Crippen molar-refractivity contribution in [1.29, 1.82) is 0 Å². The lowest BCUT2D eigenvalue weighted by Gasteiger charge is -2.70. The number of fused-ring (bicyclic) bond motifs is 5. The minimum Gasteiger partial charge on any atom is -0.508 e. The maximum absolute atomic E-state index is 14.5. The first kappa shape index (κ1) is 35.8. The molecule has 1 saturated heterocycles. The predicted molar refractivity (Wildman–Crippen MR) is 188 cm³/mol.